The number of hydrogen-bond donors (Lipinski definition) is 1. The number of methoxy groups -OCH3 is 1. The van der Waals surface area contributed by atoms with Crippen LogP contribution in [0, 0.1) is 0 Å². The van der Waals surface area contributed by atoms with Crippen LogP contribution in [0.5, 0.6) is 5.75 Å². The molecule has 0 heterocycles. The van der Waals surface area contributed by atoms with Crippen molar-refractivity contribution in [3.8, 4) is 5.75 Å². The van der Waals surface area contributed by atoms with E-state index in [1.165, 1.54) is 0 Å². The van der Waals surface area contributed by atoms with Gasteiger partial charge >= 0.3 is 0 Å². The third-order valence-corrected chi connectivity index (χ3v) is 2.69. The van der Waals surface area contributed by atoms with E-state index in [1.807, 2.05) is 18.2 Å². The summed E-state index contributed by atoms with van der Waals surface area (Å²) in [6.45, 7) is 0. The van der Waals surface area contributed by atoms with E-state index in [0.29, 0.717) is 4.99 Å². The molecule has 0 bridgehead atoms. The lowest BCUT2D eigenvalue weighted by Gasteiger charge is -2.06. The van der Waals surface area contributed by atoms with Gasteiger partial charge in [0.25, 0.3) is 0 Å². The van der Waals surface area contributed by atoms with E-state index in [-0.39, 0.29) is 0 Å². The van der Waals surface area contributed by atoms with Gasteiger partial charge in [0.2, 0.25) is 0 Å². The second kappa shape index (κ2) is 5.93. The van der Waals surface area contributed by atoms with E-state index in [2.05, 4.69) is 0 Å². The van der Waals surface area contributed by atoms with Crippen molar-refractivity contribution in [2.75, 3.05) is 7.11 Å². The normalized spacial score (nSPS) is 10.0. The number of nitrogens with two attached hydrogens (primary N) is 1. The largest absolute Gasteiger partial charge is 0.497 e. The first kappa shape index (κ1) is 12.3. The van der Waals surface area contributed by atoms with Crippen LogP contribution in [0.3, 0.4) is 0 Å². The Bertz CT molecular complexity index is 354. The Morgan fingerprint density at radius 1 is 1.53 bits per heavy atom. The fraction of sp³-hybridized carbons (Fsp3) is 0.364. The van der Waals surface area contributed by atoms with Crippen LogP contribution in [-0.2, 0) is 6.42 Å². The molecular formula is C11H14ClNOS. The highest BCUT2D eigenvalue weighted by Gasteiger charge is 2.02. The average molecular weight is 244 g/mol. The van der Waals surface area contributed by atoms with Crippen molar-refractivity contribution in [2.45, 2.75) is 19.3 Å². The first-order chi connectivity index (χ1) is 7.13. The smallest absolute Gasteiger partial charge is 0.120 e. The molecule has 0 amide bonds. The third kappa shape index (κ3) is 4.06. The lowest BCUT2D eigenvalue weighted by molar-refractivity contribution is 0.414. The van der Waals surface area contributed by atoms with E-state index in [4.69, 9.17) is 34.3 Å². The molecule has 2 nitrogen and oxygen atoms in total. The summed E-state index contributed by atoms with van der Waals surface area (Å²) in [4.78, 5) is 0.555. The molecule has 15 heavy (non-hydrogen) atoms. The highest BCUT2D eigenvalue weighted by Crippen LogP contribution is 2.23. The summed E-state index contributed by atoms with van der Waals surface area (Å²) in [6, 6.07) is 5.69. The summed E-state index contributed by atoms with van der Waals surface area (Å²) in [5.74, 6) is 0.776. The van der Waals surface area contributed by atoms with E-state index >= 15 is 0 Å². The van der Waals surface area contributed by atoms with Crippen LogP contribution in [0.15, 0.2) is 18.2 Å². The molecule has 0 spiro atoms. The Balaban J connectivity index is 2.58. The molecule has 0 saturated heterocycles. The minimum Gasteiger partial charge on any atom is -0.497 e. The number of benzene rings is 1. The molecule has 0 aliphatic heterocycles. The highest BCUT2D eigenvalue weighted by molar-refractivity contribution is 7.80. The Hall–Kier alpha value is -0.800. The Morgan fingerprint density at radius 2 is 2.27 bits per heavy atom. The maximum Gasteiger partial charge on any atom is 0.120 e. The summed E-state index contributed by atoms with van der Waals surface area (Å²) >= 11 is 10.9. The van der Waals surface area contributed by atoms with Crippen molar-refractivity contribution >= 4 is 28.8 Å². The maximum absolute atomic E-state index is 6.08. The van der Waals surface area contributed by atoms with Crippen molar-refractivity contribution in [1.82, 2.24) is 0 Å². The molecule has 0 radical (unpaired) electrons. The van der Waals surface area contributed by atoms with Gasteiger partial charge in [0.1, 0.15) is 5.75 Å². The summed E-state index contributed by atoms with van der Waals surface area (Å²) < 4.78 is 5.07. The zero-order valence-electron chi connectivity index (χ0n) is 8.63. The standard InChI is InChI=1S/C11H14ClNOS/c1-14-9-6-5-8(10(12)7-9)3-2-4-11(13)15/h5-7H,2-4H2,1H3,(H2,13,15). The minimum atomic E-state index is 0.555. The molecule has 0 saturated carbocycles. The molecule has 1 aromatic carbocycles. The predicted octanol–water partition coefficient (Wildman–Crippen LogP) is 2.96. The van der Waals surface area contributed by atoms with Crippen LogP contribution < -0.4 is 10.5 Å². The van der Waals surface area contributed by atoms with Gasteiger partial charge in [0, 0.05) is 5.02 Å². The number of halogens is 1. The van der Waals surface area contributed by atoms with Gasteiger partial charge in [-0.1, -0.05) is 29.9 Å². The van der Waals surface area contributed by atoms with Crippen molar-refractivity contribution in [1.29, 1.82) is 0 Å². The van der Waals surface area contributed by atoms with Gasteiger partial charge < -0.3 is 10.5 Å². The van der Waals surface area contributed by atoms with Gasteiger partial charge in [0.15, 0.2) is 0 Å². The molecule has 1 rings (SSSR count). The molecule has 82 valence electrons. The zero-order valence-corrected chi connectivity index (χ0v) is 10.2. The fourth-order valence-corrected chi connectivity index (χ4v) is 1.72. The average Bonchev–Trinajstić information content (AvgIpc) is 2.20. The summed E-state index contributed by atoms with van der Waals surface area (Å²) in [5, 5.41) is 0.734. The lowest BCUT2D eigenvalue weighted by Crippen LogP contribution is -2.07. The van der Waals surface area contributed by atoms with Gasteiger partial charge in [-0.25, -0.2) is 0 Å². The highest BCUT2D eigenvalue weighted by atomic mass is 35.5. The van der Waals surface area contributed by atoms with Gasteiger partial charge in [0.05, 0.1) is 12.1 Å². The van der Waals surface area contributed by atoms with Crippen LogP contribution in [-0.4, -0.2) is 12.1 Å². The van der Waals surface area contributed by atoms with E-state index in [1.54, 1.807) is 7.11 Å². The Labute approximate surface area is 100 Å². The topological polar surface area (TPSA) is 35.2 Å². The number of aryl methyl sites for hydroxylation is 1. The summed E-state index contributed by atoms with van der Waals surface area (Å²) in [7, 11) is 1.62. The van der Waals surface area contributed by atoms with Gasteiger partial charge in [-0.15, -0.1) is 0 Å². The molecule has 0 aromatic heterocycles. The fourth-order valence-electron chi connectivity index (χ4n) is 1.31. The number of rotatable bonds is 5. The van der Waals surface area contributed by atoms with E-state index in [9.17, 15) is 0 Å². The molecule has 0 atom stereocenters. The molecule has 4 heteroatoms. The second-order valence-electron chi connectivity index (χ2n) is 3.28. The Morgan fingerprint density at radius 3 is 2.80 bits per heavy atom. The van der Waals surface area contributed by atoms with Crippen molar-refractivity contribution < 1.29 is 4.74 Å². The van der Waals surface area contributed by atoms with E-state index in [0.717, 1.165) is 35.6 Å². The van der Waals surface area contributed by atoms with Gasteiger partial charge in [-0.2, -0.15) is 0 Å². The van der Waals surface area contributed by atoms with Crippen molar-refractivity contribution in [3.63, 3.8) is 0 Å². The molecular weight excluding hydrogens is 230 g/mol. The third-order valence-electron chi connectivity index (χ3n) is 2.13. The summed E-state index contributed by atoms with van der Waals surface area (Å²) in [6.07, 6.45) is 2.58. The number of ether oxygens (including phenoxy) is 1. The van der Waals surface area contributed by atoms with Crippen LogP contribution in [0.2, 0.25) is 5.02 Å². The molecule has 0 unspecified atom stereocenters. The minimum absolute atomic E-state index is 0.555. The van der Waals surface area contributed by atoms with Crippen LogP contribution in [0.4, 0.5) is 0 Å². The number of hydrogen-bond acceptors (Lipinski definition) is 2. The molecule has 0 aliphatic rings. The quantitative estimate of drug-likeness (QED) is 0.808. The maximum atomic E-state index is 6.08. The van der Waals surface area contributed by atoms with Crippen molar-refractivity contribution in [2.24, 2.45) is 5.73 Å². The van der Waals surface area contributed by atoms with Crippen LogP contribution in [0.1, 0.15) is 18.4 Å². The van der Waals surface area contributed by atoms with Crippen LogP contribution in [0.25, 0.3) is 0 Å². The Kier molecular flexibility index (Phi) is 4.85. The molecule has 2 N–H and O–H groups in total. The van der Waals surface area contributed by atoms with E-state index < -0.39 is 0 Å². The zero-order chi connectivity index (χ0) is 11.3. The SMILES string of the molecule is COc1ccc(CCCC(N)=S)c(Cl)c1. The predicted molar refractivity (Wildman–Crippen MR) is 67.7 cm³/mol. The summed E-state index contributed by atoms with van der Waals surface area (Å²) in [5.41, 5.74) is 6.52. The number of thiocarbonyl (C=S) groups is 1. The molecule has 0 aliphatic carbocycles. The second-order valence-corrected chi connectivity index (χ2v) is 4.21. The lowest BCUT2D eigenvalue weighted by atomic mass is 10.1. The first-order valence-corrected chi connectivity index (χ1v) is 5.53. The molecule has 0 fully saturated rings. The monoisotopic (exact) mass is 243 g/mol. The van der Waals surface area contributed by atoms with Crippen molar-refractivity contribution in [3.05, 3.63) is 28.8 Å². The van der Waals surface area contributed by atoms with Gasteiger partial charge in [-0.05, 0) is 37.0 Å². The van der Waals surface area contributed by atoms with Gasteiger partial charge in [-0.3, -0.25) is 0 Å². The molecule has 1 aromatic rings. The first-order valence-electron chi connectivity index (χ1n) is 4.74. The van der Waals surface area contributed by atoms with Crippen LogP contribution >= 0.6 is 23.8 Å².